The van der Waals surface area contributed by atoms with Crippen LogP contribution < -0.4 is 0 Å². The maximum atomic E-state index is 12.7. The number of ketones is 2. The third-order valence-electron chi connectivity index (χ3n) is 3.01. The largest absolute Gasteiger partial charge is 0.396 e. The summed E-state index contributed by atoms with van der Waals surface area (Å²) in [5.41, 5.74) is 0. The summed E-state index contributed by atoms with van der Waals surface area (Å²) in [5.74, 6) is -6.14. The first-order valence-electron chi connectivity index (χ1n) is 8.86. The fourth-order valence-corrected chi connectivity index (χ4v) is 1.58. The van der Waals surface area contributed by atoms with Gasteiger partial charge in [-0.1, -0.05) is 6.64 Å². The molecule has 0 aromatic carbocycles. The van der Waals surface area contributed by atoms with Gasteiger partial charge < -0.3 is 19.5 Å². The molecule has 9 heteroatoms. The van der Waals surface area contributed by atoms with Crippen molar-refractivity contribution in [2.75, 3.05) is 13.2 Å². The fourth-order valence-electron chi connectivity index (χ4n) is 1.58. The van der Waals surface area contributed by atoms with Crippen molar-refractivity contribution in [3.05, 3.63) is 0 Å². The molecule has 0 fully saturated rings. The zero-order valence-corrected chi connectivity index (χ0v) is 16.6. The summed E-state index contributed by atoms with van der Waals surface area (Å²) in [6.45, 7) is 2.76. The zero-order chi connectivity index (χ0) is 21.9. The minimum atomic E-state index is -2.87. The van der Waals surface area contributed by atoms with Crippen LogP contribution in [0.5, 0.6) is 0 Å². The number of hydrogen-bond donors (Lipinski definition) is 1. The van der Waals surface area contributed by atoms with Crippen molar-refractivity contribution in [3.8, 4) is 0 Å². The second-order valence-corrected chi connectivity index (χ2v) is 5.65. The number of carbonyl (C=O) groups excluding carboxylic acids is 3. The third kappa shape index (κ3) is 25.4. The van der Waals surface area contributed by atoms with Crippen LogP contribution in [-0.4, -0.2) is 48.1 Å². The number of hydrogen-bond acceptors (Lipinski definition) is 4. The van der Waals surface area contributed by atoms with Gasteiger partial charge in [-0.3, -0.25) is 0 Å². The maximum absolute atomic E-state index is 12.7. The molecule has 0 rings (SSSR count). The number of Topliss-reactive ketones (excluding diaryl/α,β-unsaturated/α-hetero) is 2. The Kier molecular flexibility index (Phi) is 18.4. The van der Waals surface area contributed by atoms with Gasteiger partial charge in [0.15, 0.2) is 0 Å². The van der Waals surface area contributed by atoms with E-state index in [0.717, 1.165) is 0 Å². The summed E-state index contributed by atoms with van der Waals surface area (Å²) in [4.78, 5) is 30.5. The van der Waals surface area contributed by atoms with Crippen LogP contribution >= 0.6 is 9.24 Å². The molecule has 156 valence electrons. The van der Waals surface area contributed by atoms with Crippen LogP contribution in [0.3, 0.4) is 0 Å². The predicted octanol–water partition coefficient (Wildman–Crippen LogP) is 4.22. The topological polar surface area (TPSA) is 71.4 Å². The summed E-state index contributed by atoms with van der Waals surface area (Å²) in [6, 6.07) is 0. The van der Waals surface area contributed by atoms with E-state index < -0.39 is 31.1 Å². The van der Waals surface area contributed by atoms with Gasteiger partial charge in [0.05, 0.1) is 0 Å². The molecular formula is C17H31F4O4P. The highest BCUT2D eigenvalue weighted by molar-refractivity contribution is 7.15. The lowest BCUT2D eigenvalue weighted by Crippen LogP contribution is -2.17. The van der Waals surface area contributed by atoms with Gasteiger partial charge in [-0.25, -0.2) is 17.6 Å². The van der Waals surface area contributed by atoms with Crippen LogP contribution in [-0.2, 0) is 14.4 Å². The molecule has 0 saturated carbocycles. The van der Waals surface area contributed by atoms with E-state index in [9.17, 15) is 31.9 Å². The number of carbonyl (C=O) groups is 3. The molecule has 0 amide bonds. The first kappa shape index (κ1) is 27.3. The Morgan fingerprint density at radius 2 is 1.38 bits per heavy atom. The molecule has 0 radical (unpaired) electrons. The average molecular weight is 407 g/mol. The van der Waals surface area contributed by atoms with Crippen LogP contribution in [0.1, 0.15) is 66.6 Å². The maximum Gasteiger partial charge on any atom is 0.249 e. The molecule has 4 nitrogen and oxygen atoms in total. The van der Waals surface area contributed by atoms with Gasteiger partial charge in [0, 0.05) is 52.9 Å². The second-order valence-electron chi connectivity index (χ2n) is 5.65. The van der Waals surface area contributed by atoms with E-state index in [1.165, 1.54) is 13.8 Å². The highest BCUT2D eigenvalue weighted by Gasteiger charge is 2.28. The van der Waals surface area contributed by atoms with Crippen molar-refractivity contribution in [1.82, 2.24) is 0 Å². The molecule has 0 aromatic heterocycles. The molecular weight excluding hydrogens is 375 g/mol. The second kappa shape index (κ2) is 17.5. The van der Waals surface area contributed by atoms with E-state index in [2.05, 4.69) is 9.24 Å². The van der Waals surface area contributed by atoms with E-state index >= 15 is 0 Å². The number of halogens is 4. The van der Waals surface area contributed by atoms with Crippen molar-refractivity contribution < 1.29 is 38.4 Å². The highest BCUT2D eigenvalue weighted by Crippen LogP contribution is 2.26. The van der Waals surface area contributed by atoms with E-state index in [-0.39, 0.29) is 50.3 Å². The minimum absolute atomic E-state index is 0.0849. The van der Waals surface area contributed by atoms with Gasteiger partial charge in [0.25, 0.3) is 0 Å². The van der Waals surface area contributed by atoms with Gasteiger partial charge in [0.2, 0.25) is 11.8 Å². The number of aliphatic hydroxyl groups excluding tert-OH is 1. The molecule has 0 saturated heterocycles. The lowest BCUT2D eigenvalue weighted by molar-refractivity contribution is -0.120. The molecule has 0 spiro atoms. The first-order chi connectivity index (χ1) is 12.4. The molecule has 26 heavy (non-hydrogen) atoms. The molecule has 0 aromatic rings. The Bertz CT molecular complexity index is 410. The predicted molar refractivity (Wildman–Crippen MR) is 97.0 cm³/mol. The van der Waals surface area contributed by atoms with Crippen molar-refractivity contribution >= 4 is 27.1 Å². The average Bonchev–Trinajstić information content (AvgIpc) is 2.56. The van der Waals surface area contributed by atoms with Crippen LogP contribution in [0.25, 0.3) is 0 Å². The van der Waals surface area contributed by atoms with Crippen molar-refractivity contribution in [2.24, 2.45) is 0 Å². The molecule has 1 unspecified atom stereocenters. The van der Waals surface area contributed by atoms with Gasteiger partial charge in [0.1, 0.15) is 17.9 Å². The minimum Gasteiger partial charge on any atom is -0.396 e. The van der Waals surface area contributed by atoms with Crippen LogP contribution in [0.2, 0.25) is 0 Å². The lowest BCUT2D eigenvalue weighted by Gasteiger charge is -2.14. The molecule has 0 heterocycles. The molecule has 0 aliphatic carbocycles. The van der Waals surface area contributed by atoms with E-state index in [1.807, 2.05) is 0 Å². The number of aldehydes is 1. The molecule has 1 N–H and O–H groups in total. The zero-order valence-electron chi connectivity index (χ0n) is 16.4. The summed E-state index contributed by atoms with van der Waals surface area (Å²) in [6.07, 6.45) is -1.44. The number of aliphatic hydroxyl groups is 1. The van der Waals surface area contributed by atoms with Gasteiger partial charge in [-0.15, -0.1) is 9.24 Å². The fraction of sp³-hybridized carbons (Fsp3) is 0.824. The normalized spacial score (nSPS) is 11.3. The lowest BCUT2D eigenvalue weighted by atomic mass is 10.1. The van der Waals surface area contributed by atoms with Gasteiger partial charge in [-0.05, 0) is 20.3 Å². The molecule has 0 bridgehead atoms. The standard InChI is InChI=1S/C8H14F2O2.C8H12F2O2.CH5P/c2*1-7(12)3-5-8(9,10)4-2-6-11;1-2/h11H,2-6H2,1H3;6H,2-5H2,1H3;2H2,1H3/i;;1D. The Balaban J connectivity index is -0.000000372. The van der Waals surface area contributed by atoms with Crippen molar-refractivity contribution in [3.63, 3.8) is 0 Å². The molecule has 0 aliphatic rings. The summed E-state index contributed by atoms with van der Waals surface area (Å²) >= 11 is 0. The Morgan fingerprint density at radius 3 is 1.69 bits per heavy atom. The quantitative estimate of drug-likeness (QED) is 0.299. The van der Waals surface area contributed by atoms with E-state index in [4.69, 9.17) is 6.48 Å². The van der Waals surface area contributed by atoms with Gasteiger partial charge in [-0.2, -0.15) is 0 Å². The van der Waals surface area contributed by atoms with Crippen molar-refractivity contribution in [2.45, 2.75) is 77.1 Å². The summed E-state index contributed by atoms with van der Waals surface area (Å²) in [7, 11) is 2.25. The number of rotatable bonds is 12. The van der Waals surface area contributed by atoms with Gasteiger partial charge >= 0.3 is 0 Å². The highest BCUT2D eigenvalue weighted by atomic mass is 31.0. The van der Waals surface area contributed by atoms with Crippen molar-refractivity contribution in [1.29, 1.82) is 0 Å². The first-order valence-corrected chi connectivity index (χ1v) is 8.97. The van der Waals surface area contributed by atoms with E-state index in [1.54, 1.807) is 0 Å². The monoisotopic (exact) mass is 407 g/mol. The summed E-state index contributed by atoms with van der Waals surface area (Å²) in [5, 5.41) is 8.31. The Hall–Kier alpha value is -0.880. The Labute approximate surface area is 156 Å². The van der Waals surface area contributed by atoms with Crippen LogP contribution in [0, 0.1) is 0 Å². The van der Waals surface area contributed by atoms with Crippen LogP contribution in [0.15, 0.2) is 0 Å². The summed E-state index contributed by atoms with van der Waals surface area (Å²) < 4.78 is 56.9. The smallest absolute Gasteiger partial charge is 0.249 e. The number of alkyl halides is 4. The third-order valence-corrected chi connectivity index (χ3v) is 3.01. The Morgan fingerprint density at radius 1 is 1.00 bits per heavy atom. The molecule has 1 atom stereocenters. The van der Waals surface area contributed by atoms with E-state index in [0.29, 0.717) is 12.9 Å². The SMILES string of the molecule is CC(=O)CCC(F)(F)CCC=O.CC(=O)CCC(F)(F)CCCO.[2H]CP. The van der Waals surface area contributed by atoms with Crippen LogP contribution in [0.4, 0.5) is 17.6 Å². The molecule has 0 aliphatic heterocycles.